The summed E-state index contributed by atoms with van der Waals surface area (Å²) in [5, 5.41) is 11.2. The van der Waals surface area contributed by atoms with Crippen molar-refractivity contribution in [2.45, 2.75) is 6.92 Å². The first kappa shape index (κ1) is 16.9. The van der Waals surface area contributed by atoms with Crippen LogP contribution in [0.25, 0.3) is 10.9 Å². The molecule has 0 amide bonds. The van der Waals surface area contributed by atoms with E-state index < -0.39 is 17.3 Å². The van der Waals surface area contributed by atoms with Crippen molar-refractivity contribution >= 4 is 28.5 Å². The van der Waals surface area contributed by atoms with Crippen LogP contribution in [0.5, 0.6) is 23.0 Å². The fourth-order valence-corrected chi connectivity index (χ4v) is 2.54. The third-order valence-corrected chi connectivity index (χ3v) is 3.85. The summed E-state index contributed by atoms with van der Waals surface area (Å²) in [6, 6.07) is 11.7. The summed E-state index contributed by atoms with van der Waals surface area (Å²) in [4.78, 5) is 23.5. The Kier molecular flexibility index (Phi) is 4.37. The van der Waals surface area contributed by atoms with Crippen LogP contribution >= 0.6 is 11.6 Å². The summed E-state index contributed by atoms with van der Waals surface area (Å²) in [5.74, 6) is -0.409. The normalized spacial score (nSPS) is 10.7. The van der Waals surface area contributed by atoms with Gasteiger partial charge in [0, 0.05) is 30.4 Å². The van der Waals surface area contributed by atoms with Crippen LogP contribution in [0.15, 0.2) is 47.3 Å². The van der Waals surface area contributed by atoms with E-state index in [2.05, 4.69) is 0 Å². The second kappa shape index (κ2) is 6.49. The molecule has 0 spiro atoms. The average molecular weight is 360 g/mol. The summed E-state index contributed by atoms with van der Waals surface area (Å²) in [7, 11) is 1.52. The van der Waals surface area contributed by atoms with Crippen molar-refractivity contribution < 1.29 is 19.4 Å². The van der Waals surface area contributed by atoms with Gasteiger partial charge in [0.25, 0.3) is 5.56 Å². The minimum Gasteiger partial charge on any atom is -0.504 e. The molecule has 2 aromatic carbocycles. The molecule has 0 bridgehead atoms. The topological polar surface area (TPSA) is 77.8 Å². The number of pyridine rings is 1. The average Bonchev–Trinajstić information content (AvgIpc) is 2.58. The number of carbonyl (C=O) groups excluding carboxylic acids is 1. The molecule has 0 aliphatic rings. The van der Waals surface area contributed by atoms with Crippen molar-refractivity contribution in [1.82, 2.24) is 4.57 Å². The van der Waals surface area contributed by atoms with E-state index in [0.29, 0.717) is 27.4 Å². The molecule has 0 aliphatic heterocycles. The van der Waals surface area contributed by atoms with E-state index >= 15 is 0 Å². The molecule has 1 aromatic heterocycles. The number of ether oxygens (including phenoxy) is 2. The van der Waals surface area contributed by atoms with E-state index in [4.69, 9.17) is 21.1 Å². The van der Waals surface area contributed by atoms with Gasteiger partial charge >= 0.3 is 5.97 Å². The third-order valence-electron chi connectivity index (χ3n) is 3.59. The third kappa shape index (κ3) is 3.29. The van der Waals surface area contributed by atoms with Crippen LogP contribution in [0.4, 0.5) is 0 Å². The first-order valence-electron chi connectivity index (χ1n) is 7.34. The molecule has 7 heteroatoms. The van der Waals surface area contributed by atoms with Gasteiger partial charge in [-0.05, 0) is 36.4 Å². The Morgan fingerprint density at radius 3 is 2.40 bits per heavy atom. The zero-order valence-corrected chi connectivity index (χ0v) is 14.2. The lowest BCUT2D eigenvalue weighted by Crippen LogP contribution is -2.21. The zero-order chi connectivity index (χ0) is 18.1. The predicted molar refractivity (Wildman–Crippen MR) is 93.7 cm³/mol. The Morgan fingerprint density at radius 2 is 1.76 bits per heavy atom. The molecule has 0 fully saturated rings. The fourth-order valence-electron chi connectivity index (χ4n) is 2.41. The van der Waals surface area contributed by atoms with E-state index in [0.717, 1.165) is 6.92 Å². The van der Waals surface area contributed by atoms with Crippen LogP contribution < -0.4 is 15.0 Å². The lowest BCUT2D eigenvalue weighted by molar-refractivity contribution is -0.132. The Bertz CT molecular complexity index is 1020. The first-order valence-corrected chi connectivity index (χ1v) is 7.72. The molecule has 0 saturated carbocycles. The van der Waals surface area contributed by atoms with Gasteiger partial charge in [0.2, 0.25) is 5.75 Å². The molecular weight excluding hydrogens is 346 g/mol. The van der Waals surface area contributed by atoms with Crippen molar-refractivity contribution in [3.05, 3.63) is 57.8 Å². The highest BCUT2D eigenvalue weighted by atomic mass is 35.5. The summed E-state index contributed by atoms with van der Waals surface area (Å²) in [5.41, 5.74) is -0.186. The molecule has 128 valence electrons. The summed E-state index contributed by atoms with van der Waals surface area (Å²) < 4.78 is 11.8. The highest BCUT2D eigenvalue weighted by Gasteiger charge is 2.18. The van der Waals surface area contributed by atoms with E-state index in [9.17, 15) is 14.7 Å². The molecule has 3 aromatic rings. The number of fused-ring (bicyclic) bond motifs is 1. The van der Waals surface area contributed by atoms with Crippen LogP contribution in [0, 0.1) is 0 Å². The molecule has 0 unspecified atom stereocenters. The molecule has 1 heterocycles. The molecule has 0 saturated heterocycles. The summed E-state index contributed by atoms with van der Waals surface area (Å²) in [6.45, 7) is 1.16. The molecule has 25 heavy (non-hydrogen) atoms. The second-order valence-corrected chi connectivity index (χ2v) is 5.81. The number of nitrogens with zero attached hydrogens (tertiary/aromatic N) is 1. The minimum absolute atomic E-state index is 0.363. The number of rotatable bonds is 3. The van der Waals surface area contributed by atoms with Crippen molar-refractivity contribution in [2.24, 2.45) is 7.05 Å². The van der Waals surface area contributed by atoms with Crippen molar-refractivity contribution in [2.75, 3.05) is 0 Å². The van der Waals surface area contributed by atoms with Crippen LogP contribution in [0.2, 0.25) is 5.02 Å². The number of aromatic nitrogens is 1. The summed E-state index contributed by atoms with van der Waals surface area (Å²) >= 11 is 5.84. The van der Waals surface area contributed by atoms with E-state index in [-0.39, 0.29) is 5.75 Å². The quantitative estimate of drug-likeness (QED) is 0.723. The molecule has 3 rings (SSSR count). The van der Waals surface area contributed by atoms with Gasteiger partial charge in [-0.15, -0.1) is 0 Å². The maximum Gasteiger partial charge on any atom is 0.308 e. The number of carbonyl (C=O) groups is 1. The molecule has 0 radical (unpaired) electrons. The minimum atomic E-state index is -0.686. The number of halogens is 1. The van der Waals surface area contributed by atoms with Gasteiger partial charge in [0.15, 0.2) is 5.75 Å². The Hall–Kier alpha value is -2.99. The number of hydrogen-bond donors (Lipinski definition) is 1. The lowest BCUT2D eigenvalue weighted by Gasteiger charge is -2.13. The second-order valence-electron chi connectivity index (χ2n) is 5.37. The number of hydrogen-bond acceptors (Lipinski definition) is 5. The Labute approximate surface area is 147 Å². The van der Waals surface area contributed by atoms with Crippen molar-refractivity contribution in [3.63, 3.8) is 0 Å². The summed E-state index contributed by atoms with van der Waals surface area (Å²) in [6.07, 6.45) is 0. The fraction of sp³-hybridized carbons (Fsp3) is 0.111. The van der Waals surface area contributed by atoms with E-state index in [1.165, 1.54) is 11.6 Å². The van der Waals surface area contributed by atoms with Crippen LogP contribution in [0.3, 0.4) is 0 Å². The van der Waals surface area contributed by atoms with Gasteiger partial charge in [0.1, 0.15) is 11.5 Å². The van der Waals surface area contributed by atoms with Gasteiger partial charge in [-0.1, -0.05) is 11.6 Å². The zero-order valence-electron chi connectivity index (χ0n) is 13.4. The van der Waals surface area contributed by atoms with Gasteiger partial charge in [-0.2, -0.15) is 0 Å². The predicted octanol–water partition coefficient (Wildman–Crippen LogP) is 3.62. The number of benzene rings is 2. The lowest BCUT2D eigenvalue weighted by atomic mass is 10.1. The first-order chi connectivity index (χ1) is 11.9. The maximum atomic E-state index is 12.3. The van der Waals surface area contributed by atoms with Crippen LogP contribution in [-0.4, -0.2) is 15.6 Å². The number of esters is 1. The smallest absolute Gasteiger partial charge is 0.308 e. The highest BCUT2D eigenvalue weighted by molar-refractivity contribution is 6.30. The van der Waals surface area contributed by atoms with Crippen LogP contribution in [-0.2, 0) is 11.8 Å². The Morgan fingerprint density at radius 1 is 1.12 bits per heavy atom. The van der Waals surface area contributed by atoms with Crippen molar-refractivity contribution in [3.8, 4) is 23.0 Å². The van der Waals surface area contributed by atoms with Gasteiger partial charge in [0.05, 0.1) is 5.52 Å². The highest BCUT2D eigenvalue weighted by Crippen LogP contribution is 2.34. The SMILES string of the molecule is CC(=O)Oc1c(O)c2ccc(Oc3ccc(Cl)cc3)cc2n(C)c1=O. The van der Waals surface area contributed by atoms with Gasteiger partial charge < -0.3 is 19.1 Å². The van der Waals surface area contributed by atoms with Crippen molar-refractivity contribution in [1.29, 1.82) is 0 Å². The van der Waals surface area contributed by atoms with Crippen LogP contribution in [0.1, 0.15) is 6.92 Å². The van der Waals surface area contributed by atoms with E-state index in [1.54, 1.807) is 42.5 Å². The van der Waals surface area contributed by atoms with E-state index in [1.807, 2.05) is 0 Å². The number of aryl methyl sites for hydroxylation is 1. The Balaban J connectivity index is 2.08. The van der Waals surface area contributed by atoms with Gasteiger partial charge in [-0.25, -0.2) is 0 Å². The standard InChI is InChI=1S/C18H14ClNO5/c1-10(21)24-17-16(22)14-8-7-13(9-15(14)20(2)18(17)23)25-12-5-3-11(19)4-6-12/h3-9,22H,1-2H3. The molecule has 0 aliphatic carbocycles. The largest absolute Gasteiger partial charge is 0.504 e. The molecule has 0 atom stereocenters. The monoisotopic (exact) mass is 359 g/mol. The molecular formula is C18H14ClNO5. The molecule has 1 N–H and O–H groups in total. The maximum absolute atomic E-state index is 12.3. The molecule has 6 nitrogen and oxygen atoms in total. The van der Waals surface area contributed by atoms with Gasteiger partial charge in [-0.3, -0.25) is 9.59 Å². The number of aromatic hydroxyl groups is 1.